The van der Waals surface area contributed by atoms with E-state index in [1.807, 2.05) is 24.3 Å². The van der Waals surface area contributed by atoms with Crippen molar-refractivity contribution in [2.45, 2.75) is 19.6 Å². The molecule has 0 aromatic heterocycles. The third-order valence-corrected chi connectivity index (χ3v) is 4.26. The van der Waals surface area contributed by atoms with Crippen LogP contribution >= 0.6 is 34.8 Å². The van der Waals surface area contributed by atoms with Gasteiger partial charge in [0.05, 0.1) is 0 Å². The summed E-state index contributed by atoms with van der Waals surface area (Å²) in [7, 11) is 1.70. The number of hydrogen-bond acceptors (Lipinski definition) is 3. The van der Waals surface area contributed by atoms with Gasteiger partial charge in [-0.15, -0.1) is 0 Å². The lowest BCUT2D eigenvalue weighted by Gasteiger charge is -2.13. The minimum Gasteiger partial charge on any atom is -0.489 e. The van der Waals surface area contributed by atoms with Crippen LogP contribution in [0.25, 0.3) is 0 Å². The number of methoxy groups -OCH3 is 1. The van der Waals surface area contributed by atoms with Crippen LogP contribution in [-0.4, -0.2) is 20.3 Å². The van der Waals surface area contributed by atoms with Gasteiger partial charge in [0.1, 0.15) is 12.4 Å². The maximum Gasteiger partial charge on any atom is 0.124 e. The van der Waals surface area contributed by atoms with E-state index < -0.39 is 0 Å². The quantitative estimate of drug-likeness (QED) is 0.587. The van der Waals surface area contributed by atoms with Crippen molar-refractivity contribution in [2.75, 3.05) is 20.3 Å². The first kappa shape index (κ1) is 19.4. The van der Waals surface area contributed by atoms with E-state index >= 15 is 0 Å². The molecule has 0 saturated carbocycles. The van der Waals surface area contributed by atoms with Gasteiger partial charge in [0.15, 0.2) is 0 Å². The smallest absolute Gasteiger partial charge is 0.124 e. The highest BCUT2D eigenvalue weighted by Gasteiger charge is 2.07. The summed E-state index contributed by atoms with van der Waals surface area (Å²) >= 11 is 18.2. The van der Waals surface area contributed by atoms with E-state index in [2.05, 4.69) is 5.32 Å². The molecule has 6 heteroatoms. The van der Waals surface area contributed by atoms with Gasteiger partial charge >= 0.3 is 0 Å². The van der Waals surface area contributed by atoms with Crippen molar-refractivity contribution < 1.29 is 9.47 Å². The second-order valence-corrected chi connectivity index (χ2v) is 6.58. The summed E-state index contributed by atoms with van der Waals surface area (Å²) < 4.78 is 11.0. The zero-order valence-electron chi connectivity index (χ0n) is 13.5. The number of benzene rings is 2. The number of rotatable bonds is 9. The Morgan fingerprint density at radius 3 is 2.46 bits per heavy atom. The molecule has 1 N–H and O–H groups in total. The van der Waals surface area contributed by atoms with Crippen molar-refractivity contribution in [1.82, 2.24) is 5.32 Å². The normalized spacial score (nSPS) is 10.8. The lowest BCUT2D eigenvalue weighted by atomic mass is 10.2. The van der Waals surface area contributed by atoms with Crippen molar-refractivity contribution >= 4 is 34.8 Å². The molecule has 0 amide bonds. The highest BCUT2D eigenvalue weighted by atomic mass is 35.5. The summed E-state index contributed by atoms with van der Waals surface area (Å²) in [5.41, 5.74) is 1.89. The van der Waals surface area contributed by atoms with Crippen molar-refractivity contribution in [2.24, 2.45) is 0 Å². The summed E-state index contributed by atoms with van der Waals surface area (Å²) in [5, 5.41) is 5.24. The third-order valence-electron chi connectivity index (χ3n) is 3.44. The molecule has 0 aliphatic carbocycles. The summed E-state index contributed by atoms with van der Waals surface area (Å²) in [4.78, 5) is 0. The van der Waals surface area contributed by atoms with Gasteiger partial charge in [0.2, 0.25) is 0 Å². The fourth-order valence-corrected chi connectivity index (χ4v) is 2.84. The van der Waals surface area contributed by atoms with Crippen molar-refractivity contribution in [3.63, 3.8) is 0 Å². The molecule has 0 unspecified atom stereocenters. The molecular weight excluding hydrogens is 369 g/mol. The van der Waals surface area contributed by atoms with Gasteiger partial charge < -0.3 is 14.8 Å². The van der Waals surface area contributed by atoms with Crippen LogP contribution < -0.4 is 10.1 Å². The summed E-state index contributed by atoms with van der Waals surface area (Å²) in [6.07, 6.45) is 0.952. The van der Waals surface area contributed by atoms with E-state index in [9.17, 15) is 0 Å². The Hall–Kier alpha value is -0.970. The average Bonchev–Trinajstić information content (AvgIpc) is 2.55. The molecule has 0 spiro atoms. The van der Waals surface area contributed by atoms with E-state index in [4.69, 9.17) is 44.3 Å². The van der Waals surface area contributed by atoms with Crippen molar-refractivity contribution in [3.05, 3.63) is 62.6 Å². The number of ether oxygens (including phenoxy) is 2. The van der Waals surface area contributed by atoms with E-state index in [-0.39, 0.29) is 0 Å². The SMILES string of the molecule is COCCCNCc1cc(Cl)ccc1OCc1ccc(Cl)cc1Cl. The zero-order chi connectivity index (χ0) is 17.4. The molecule has 0 bridgehead atoms. The van der Waals surface area contributed by atoms with Crippen LogP contribution in [0.3, 0.4) is 0 Å². The first-order valence-corrected chi connectivity index (χ1v) is 8.78. The van der Waals surface area contributed by atoms with Gasteiger partial charge in [-0.1, -0.05) is 40.9 Å². The third kappa shape index (κ3) is 6.15. The second kappa shape index (κ2) is 10.1. The maximum absolute atomic E-state index is 6.18. The summed E-state index contributed by atoms with van der Waals surface area (Å²) in [6.45, 7) is 2.64. The molecule has 0 radical (unpaired) electrons. The predicted molar refractivity (Wildman–Crippen MR) is 100 cm³/mol. The molecule has 0 heterocycles. The van der Waals surface area contributed by atoms with E-state index in [1.165, 1.54) is 0 Å². The Kier molecular flexibility index (Phi) is 8.16. The van der Waals surface area contributed by atoms with Crippen LogP contribution in [0, 0.1) is 0 Å². The van der Waals surface area contributed by atoms with Crippen LogP contribution in [-0.2, 0) is 17.9 Å². The van der Waals surface area contributed by atoms with Crippen LogP contribution in [0.4, 0.5) is 0 Å². The molecule has 2 aromatic carbocycles. The van der Waals surface area contributed by atoms with Gasteiger partial charge in [-0.2, -0.15) is 0 Å². The van der Waals surface area contributed by atoms with Crippen LogP contribution in [0.5, 0.6) is 5.75 Å². The largest absolute Gasteiger partial charge is 0.489 e. The lowest BCUT2D eigenvalue weighted by Crippen LogP contribution is -2.16. The molecule has 24 heavy (non-hydrogen) atoms. The van der Waals surface area contributed by atoms with Crippen LogP contribution in [0.1, 0.15) is 17.5 Å². The maximum atomic E-state index is 6.18. The molecular formula is C18H20Cl3NO2. The minimum absolute atomic E-state index is 0.369. The molecule has 0 fully saturated rings. The fourth-order valence-electron chi connectivity index (χ4n) is 2.19. The molecule has 130 valence electrons. The number of nitrogens with one attached hydrogen (secondary N) is 1. The van der Waals surface area contributed by atoms with Crippen LogP contribution in [0.15, 0.2) is 36.4 Å². The monoisotopic (exact) mass is 387 g/mol. The summed E-state index contributed by atoms with van der Waals surface area (Å²) in [6, 6.07) is 11.0. The minimum atomic E-state index is 0.369. The molecule has 2 rings (SSSR count). The van der Waals surface area contributed by atoms with Gasteiger partial charge in [-0.3, -0.25) is 0 Å². The first-order chi connectivity index (χ1) is 11.6. The number of halogens is 3. The van der Waals surface area contributed by atoms with Crippen molar-refractivity contribution in [3.8, 4) is 5.75 Å². The molecule has 0 saturated heterocycles. The number of hydrogen-bond donors (Lipinski definition) is 1. The van der Waals surface area contributed by atoms with Gasteiger partial charge in [0.25, 0.3) is 0 Å². The summed E-state index contributed by atoms with van der Waals surface area (Å²) in [5.74, 6) is 0.782. The fraction of sp³-hybridized carbons (Fsp3) is 0.333. The van der Waals surface area contributed by atoms with Crippen LogP contribution in [0.2, 0.25) is 15.1 Å². The Morgan fingerprint density at radius 2 is 1.71 bits per heavy atom. The molecule has 0 atom stereocenters. The Bertz CT molecular complexity index is 665. The zero-order valence-corrected chi connectivity index (χ0v) is 15.7. The van der Waals surface area contributed by atoms with Crippen molar-refractivity contribution in [1.29, 1.82) is 0 Å². The standard InChI is InChI=1S/C18H20Cl3NO2/c1-23-8-2-7-22-11-14-9-15(19)5-6-18(14)24-12-13-3-4-16(20)10-17(13)21/h3-6,9-10,22H,2,7-8,11-12H2,1H3. The highest BCUT2D eigenvalue weighted by molar-refractivity contribution is 6.35. The van der Waals surface area contributed by atoms with E-state index in [0.717, 1.165) is 36.4 Å². The average molecular weight is 389 g/mol. The molecule has 0 aliphatic heterocycles. The predicted octanol–water partition coefficient (Wildman–Crippen LogP) is 5.35. The van der Waals surface area contributed by atoms with Gasteiger partial charge in [0, 0.05) is 46.5 Å². The Labute approximate surface area is 157 Å². The Morgan fingerprint density at radius 1 is 0.958 bits per heavy atom. The van der Waals surface area contributed by atoms with Gasteiger partial charge in [-0.25, -0.2) is 0 Å². The second-order valence-electron chi connectivity index (χ2n) is 5.30. The molecule has 3 nitrogen and oxygen atoms in total. The lowest BCUT2D eigenvalue weighted by molar-refractivity contribution is 0.194. The first-order valence-electron chi connectivity index (χ1n) is 7.65. The highest BCUT2D eigenvalue weighted by Crippen LogP contribution is 2.26. The van der Waals surface area contributed by atoms with E-state index in [1.54, 1.807) is 19.2 Å². The topological polar surface area (TPSA) is 30.5 Å². The molecule has 2 aromatic rings. The Balaban J connectivity index is 1.98. The van der Waals surface area contributed by atoms with Gasteiger partial charge in [-0.05, 0) is 43.3 Å². The van der Waals surface area contributed by atoms with E-state index in [0.29, 0.717) is 28.2 Å². The molecule has 0 aliphatic rings.